The quantitative estimate of drug-likeness (QED) is 0.363. The molecule has 1 aliphatic rings. The molecule has 0 unspecified atom stereocenters. The Morgan fingerprint density at radius 3 is 1.04 bits per heavy atom. The highest BCUT2D eigenvalue weighted by molar-refractivity contribution is 8.10. The molecule has 0 radical (unpaired) electrons. The first-order chi connectivity index (χ1) is 11.3. The van der Waals surface area contributed by atoms with Crippen molar-refractivity contribution in [2.75, 3.05) is 0 Å². The van der Waals surface area contributed by atoms with Crippen LogP contribution in [0.25, 0.3) is 0 Å². The maximum atomic E-state index is 2.85. The lowest BCUT2D eigenvalue weighted by Crippen LogP contribution is -2.99. The third-order valence-corrected chi connectivity index (χ3v) is 152. The molecular weight excluding hydrogens is 421 g/mol. The highest BCUT2D eigenvalue weighted by Crippen LogP contribution is 2.74. The predicted molar refractivity (Wildman–Crippen MR) is 147 cm³/mol. The maximum Gasteiger partial charge on any atom is 0.0566 e. The van der Waals surface area contributed by atoms with E-state index in [2.05, 4.69) is 114 Å². The van der Waals surface area contributed by atoms with Crippen LogP contribution in [0.3, 0.4) is 0 Å². The molecule has 0 aromatic rings. The second-order valence-electron chi connectivity index (χ2n) is 15.5. The van der Waals surface area contributed by atoms with Crippen LogP contribution in [0.4, 0.5) is 0 Å². The van der Waals surface area contributed by atoms with Crippen LogP contribution < -0.4 is 0 Å². The van der Waals surface area contributed by atoms with E-state index in [4.69, 9.17) is 0 Å². The van der Waals surface area contributed by atoms with E-state index in [1.54, 1.807) is 6.04 Å². The number of rotatable bonds is 4. The summed E-state index contributed by atoms with van der Waals surface area (Å²) in [6.45, 7) is 47.2. The molecule has 162 valence electrons. The van der Waals surface area contributed by atoms with Crippen LogP contribution in [0.2, 0.25) is 80.1 Å². The van der Waals surface area contributed by atoms with Gasteiger partial charge in [0.15, 0.2) is 0 Å². The van der Waals surface area contributed by atoms with Crippen LogP contribution in [0, 0.1) is 0 Å². The van der Waals surface area contributed by atoms with Crippen LogP contribution in [-0.2, 0) is 0 Å². The maximum absolute atomic E-state index is 2.85. The van der Waals surface area contributed by atoms with Gasteiger partial charge in [-0.25, -0.2) is 0 Å². The van der Waals surface area contributed by atoms with Gasteiger partial charge >= 0.3 is 0 Å². The summed E-state index contributed by atoms with van der Waals surface area (Å²) in [5.41, 5.74) is 0. The van der Waals surface area contributed by atoms with Gasteiger partial charge < -0.3 is 0 Å². The van der Waals surface area contributed by atoms with Crippen molar-refractivity contribution in [3.63, 3.8) is 0 Å². The van der Waals surface area contributed by atoms with Crippen molar-refractivity contribution >= 4 is 44.3 Å². The Hall–Kier alpha value is 1.30. The van der Waals surface area contributed by atoms with E-state index >= 15 is 0 Å². The van der Waals surface area contributed by atoms with Gasteiger partial charge in [0.1, 0.15) is 0 Å². The second-order valence-corrected chi connectivity index (χ2v) is 79.5. The van der Waals surface area contributed by atoms with Gasteiger partial charge in [0, 0.05) is 36.7 Å². The summed E-state index contributed by atoms with van der Waals surface area (Å²) >= 11 is 0. The van der Waals surface area contributed by atoms with E-state index in [-0.39, 0.29) is 0 Å². The van der Waals surface area contributed by atoms with E-state index in [1.807, 2.05) is 0 Å². The van der Waals surface area contributed by atoms with Crippen LogP contribution in [0.1, 0.15) is 55.4 Å². The van der Waals surface area contributed by atoms with Crippen molar-refractivity contribution in [3.8, 4) is 0 Å². The third kappa shape index (κ3) is 3.34. The molecule has 1 fully saturated rings. The largest absolute Gasteiger partial charge is 0.0721 e. The summed E-state index contributed by atoms with van der Waals surface area (Å²) < 4.78 is 0. The zero-order valence-electron chi connectivity index (χ0n) is 22.3. The van der Waals surface area contributed by atoms with Crippen LogP contribution in [0.15, 0.2) is 0 Å². The Morgan fingerprint density at radius 2 is 0.889 bits per heavy atom. The topological polar surface area (TPSA) is 0 Å². The second kappa shape index (κ2) is 6.65. The summed E-state index contributed by atoms with van der Waals surface area (Å²) in [6.07, 6.45) is -1.24. The van der Waals surface area contributed by atoms with Gasteiger partial charge in [-0.1, -0.05) is 120 Å². The van der Waals surface area contributed by atoms with Crippen LogP contribution in [-0.4, -0.2) is 44.3 Å². The van der Waals surface area contributed by atoms with Gasteiger partial charge in [0.05, 0.1) is 7.59 Å². The molecule has 0 saturated carbocycles. The molecule has 1 rings (SSSR count). The molecule has 1 heterocycles. The Balaban J connectivity index is 4.12. The first-order valence-electron chi connectivity index (χ1n) is 11.3. The molecule has 0 aromatic carbocycles. The van der Waals surface area contributed by atoms with E-state index in [0.29, 0.717) is 15.1 Å². The minimum Gasteiger partial charge on any atom is -0.0721 e. The van der Waals surface area contributed by atoms with E-state index in [0.717, 1.165) is 0 Å². The molecule has 0 aliphatic carbocycles. The van der Waals surface area contributed by atoms with Crippen molar-refractivity contribution in [2.24, 2.45) is 0 Å². The monoisotopic (exact) mass is 474 g/mol. The molecule has 0 spiro atoms. The molecule has 0 amide bonds. The van der Waals surface area contributed by atoms with Crippen molar-refractivity contribution in [1.29, 1.82) is 0 Å². The van der Waals surface area contributed by atoms with Crippen LogP contribution >= 0.6 is 0 Å². The third-order valence-electron chi connectivity index (χ3n) is 8.74. The lowest BCUT2D eigenvalue weighted by Gasteiger charge is -2.79. The van der Waals surface area contributed by atoms with Gasteiger partial charge in [0.2, 0.25) is 0 Å². The highest BCUT2D eigenvalue weighted by Gasteiger charge is 2.81. The fraction of sp³-hybridized carbons (Fsp3) is 1.00. The van der Waals surface area contributed by atoms with Crippen molar-refractivity contribution in [3.05, 3.63) is 0 Å². The van der Waals surface area contributed by atoms with Crippen molar-refractivity contribution < 1.29 is 0 Å². The predicted octanol–water partition coefficient (Wildman–Crippen LogP) is 7.91. The Kier molecular flexibility index (Phi) is 6.48. The van der Waals surface area contributed by atoms with Crippen molar-refractivity contribution in [1.82, 2.24) is 0 Å². The van der Waals surface area contributed by atoms with E-state index in [1.165, 1.54) is 0 Å². The Bertz CT molecular complexity index is 492. The Morgan fingerprint density at radius 1 is 0.630 bits per heavy atom. The molecule has 0 bridgehead atoms. The SMILES string of the molecule is CC(C)(C)[Si]1(C(C)(C)C)[Si@H]([Si]([Si](C)(C)C)([Si](C)(C)C)[Si](C)(C)C)CC1(C)C. The smallest absolute Gasteiger partial charge is 0.0566 e. The molecule has 1 atom stereocenters. The highest BCUT2D eigenvalue weighted by atomic mass is 30.2. The molecule has 0 aromatic heterocycles. The fourth-order valence-electron chi connectivity index (χ4n) is 10.8. The first kappa shape index (κ1) is 26.3. The van der Waals surface area contributed by atoms with Gasteiger partial charge in [-0.15, -0.1) is 0 Å². The van der Waals surface area contributed by atoms with Gasteiger partial charge in [-0.2, -0.15) is 0 Å². The average molecular weight is 475 g/mol. The average Bonchev–Trinajstić information content (AvgIpc) is 2.15. The summed E-state index contributed by atoms with van der Waals surface area (Å²) in [5, 5.41) is 1.72. The fourth-order valence-corrected chi connectivity index (χ4v) is 241. The lowest BCUT2D eigenvalue weighted by atomic mass is 10.2. The molecule has 1 saturated heterocycles. The molecular formula is C21H54Si6. The number of hydrogen-bond acceptors (Lipinski definition) is 0. The Labute approximate surface area is 179 Å². The minimum atomic E-state index is -1.46. The van der Waals surface area contributed by atoms with Crippen molar-refractivity contribution in [2.45, 2.75) is 135 Å². The van der Waals surface area contributed by atoms with Gasteiger partial charge in [-0.05, 0) is 15.1 Å². The normalized spacial score (nSPS) is 24.6. The zero-order valence-corrected chi connectivity index (χ0v) is 28.4. The molecule has 27 heavy (non-hydrogen) atoms. The van der Waals surface area contributed by atoms with Crippen LogP contribution in [0.5, 0.6) is 0 Å². The summed E-state index contributed by atoms with van der Waals surface area (Å²) in [7, 11) is -5.82. The molecule has 6 heteroatoms. The molecule has 1 aliphatic heterocycles. The summed E-state index contributed by atoms with van der Waals surface area (Å²) in [5.74, 6) is 0. The molecule has 0 N–H and O–H groups in total. The summed E-state index contributed by atoms with van der Waals surface area (Å²) in [6, 6.07) is 1.69. The summed E-state index contributed by atoms with van der Waals surface area (Å²) in [4.78, 5) is 0. The molecule has 0 nitrogen and oxygen atoms in total. The number of hydrogen-bond donors (Lipinski definition) is 0. The standard InChI is InChI=1S/C21H54Si6/c1-19(2,3)26(20(4,5)6)21(7,8)18-22(26)27(23(9,10)11,24(12,13)14)25(15,16)17/h22H,18H2,1-17H3/t22-/m1/s1. The van der Waals surface area contributed by atoms with Gasteiger partial charge in [-0.3, -0.25) is 0 Å². The lowest BCUT2D eigenvalue weighted by molar-refractivity contribution is 0.532. The first-order valence-corrected chi connectivity index (χ1v) is 33.3. The minimum absolute atomic E-state index is 0.543. The zero-order chi connectivity index (χ0) is 22.3. The van der Waals surface area contributed by atoms with Gasteiger partial charge in [0.25, 0.3) is 0 Å². The van der Waals surface area contributed by atoms with E-state index < -0.39 is 44.3 Å². The van der Waals surface area contributed by atoms with E-state index in [9.17, 15) is 0 Å².